The molecule has 0 radical (unpaired) electrons. The largest absolute Gasteiger partial charge is 0.313 e. The molecular formula is C15H22ClFN2. The Labute approximate surface area is 119 Å². The van der Waals surface area contributed by atoms with Gasteiger partial charge in [0.05, 0.1) is 5.02 Å². The van der Waals surface area contributed by atoms with Crippen molar-refractivity contribution in [1.29, 1.82) is 0 Å². The second-order valence-electron chi connectivity index (χ2n) is 5.23. The number of nitrogens with one attached hydrogen (secondary N) is 1. The lowest BCUT2D eigenvalue weighted by molar-refractivity contribution is 0.202. The Balaban J connectivity index is 2.05. The van der Waals surface area contributed by atoms with Gasteiger partial charge in [-0.15, -0.1) is 0 Å². The van der Waals surface area contributed by atoms with Crippen LogP contribution in [0.2, 0.25) is 5.02 Å². The molecule has 0 amide bonds. The van der Waals surface area contributed by atoms with Crippen molar-refractivity contribution in [3.05, 3.63) is 34.6 Å². The van der Waals surface area contributed by atoms with Crippen molar-refractivity contribution in [2.24, 2.45) is 0 Å². The fourth-order valence-corrected chi connectivity index (χ4v) is 2.93. The van der Waals surface area contributed by atoms with Gasteiger partial charge in [0.1, 0.15) is 5.82 Å². The molecule has 19 heavy (non-hydrogen) atoms. The molecular weight excluding hydrogens is 263 g/mol. The minimum atomic E-state index is -0.349. The highest BCUT2D eigenvalue weighted by molar-refractivity contribution is 6.30. The highest BCUT2D eigenvalue weighted by Crippen LogP contribution is 2.25. The molecule has 0 aromatic heterocycles. The Morgan fingerprint density at radius 1 is 1.53 bits per heavy atom. The predicted molar refractivity (Wildman–Crippen MR) is 78.1 cm³/mol. The molecule has 2 nitrogen and oxygen atoms in total. The van der Waals surface area contributed by atoms with Crippen LogP contribution in [0.1, 0.15) is 38.3 Å². The van der Waals surface area contributed by atoms with Crippen LogP contribution >= 0.6 is 11.6 Å². The van der Waals surface area contributed by atoms with Crippen molar-refractivity contribution in [2.75, 3.05) is 19.6 Å². The van der Waals surface area contributed by atoms with E-state index in [0.717, 1.165) is 25.2 Å². The summed E-state index contributed by atoms with van der Waals surface area (Å²) in [6, 6.07) is 5.86. The number of likely N-dealkylation sites (N-methyl/N-ethyl adjacent to an activating group) is 1. The van der Waals surface area contributed by atoms with Gasteiger partial charge in [-0.25, -0.2) is 4.39 Å². The van der Waals surface area contributed by atoms with Crippen molar-refractivity contribution >= 4 is 11.6 Å². The van der Waals surface area contributed by atoms with Gasteiger partial charge in [-0.2, -0.15) is 0 Å². The molecule has 1 N–H and O–H groups in total. The molecule has 1 aromatic rings. The Morgan fingerprint density at radius 2 is 2.32 bits per heavy atom. The zero-order valence-corrected chi connectivity index (χ0v) is 12.4. The van der Waals surface area contributed by atoms with E-state index in [4.69, 9.17) is 11.6 Å². The zero-order chi connectivity index (χ0) is 13.8. The van der Waals surface area contributed by atoms with E-state index in [2.05, 4.69) is 24.1 Å². The third kappa shape index (κ3) is 3.68. The lowest BCUT2D eigenvalue weighted by Gasteiger charge is -2.30. The Kier molecular flexibility index (Phi) is 5.20. The molecule has 1 fully saturated rings. The average Bonchev–Trinajstić information content (AvgIpc) is 2.91. The van der Waals surface area contributed by atoms with Crippen molar-refractivity contribution in [2.45, 2.75) is 38.8 Å². The first kappa shape index (κ1) is 14.8. The van der Waals surface area contributed by atoms with Gasteiger partial charge >= 0.3 is 0 Å². The van der Waals surface area contributed by atoms with Crippen LogP contribution in [-0.4, -0.2) is 30.6 Å². The molecule has 0 saturated carbocycles. The molecule has 2 atom stereocenters. The van der Waals surface area contributed by atoms with Crippen molar-refractivity contribution in [3.8, 4) is 0 Å². The molecule has 4 heteroatoms. The van der Waals surface area contributed by atoms with Crippen LogP contribution in [-0.2, 0) is 0 Å². The summed E-state index contributed by atoms with van der Waals surface area (Å²) >= 11 is 5.87. The van der Waals surface area contributed by atoms with E-state index in [0.29, 0.717) is 6.04 Å². The Bertz CT molecular complexity index is 419. The average molecular weight is 285 g/mol. The zero-order valence-electron chi connectivity index (χ0n) is 11.6. The number of rotatable bonds is 5. The van der Waals surface area contributed by atoms with Gasteiger partial charge < -0.3 is 5.32 Å². The first-order valence-corrected chi connectivity index (χ1v) is 7.42. The van der Waals surface area contributed by atoms with Gasteiger partial charge in [0.15, 0.2) is 0 Å². The summed E-state index contributed by atoms with van der Waals surface area (Å²) in [6.45, 7) is 7.46. The van der Waals surface area contributed by atoms with E-state index in [9.17, 15) is 4.39 Å². The number of halogens is 2. The van der Waals surface area contributed by atoms with Gasteiger partial charge in [0.25, 0.3) is 0 Å². The van der Waals surface area contributed by atoms with Crippen LogP contribution in [0.25, 0.3) is 0 Å². The second-order valence-corrected chi connectivity index (χ2v) is 5.64. The molecule has 2 unspecified atom stereocenters. The molecule has 1 heterocycles. The minimum Gasteiger partial charge on any atom is -0.313 e. The molecule has 0 spiro atoms. The van der Waals surface area contributed by atoms with Crippen LogP contribution in [0, 0.1) is 5.82 Å². The summed E-state index contributed by atoms with van der Waals surface area (Å²) in [4.78, 5) is 2.41. The number of hydrogen-bond donors (Lipinski definition) is 1. The van der Waals surface area contributed by atoms with Crippen LogP contribution in [0.5, 0.6) is 0 Å². The molecule has 1 aromatic carbocycles. The number of nitrogens with zero attached hydrogens (tertiary/aromatic N) is 1. The Hall–Kier alpha value is -0.640. The van der Waals surface area contributed by atoms with Crippen LogP contribution < -0.4 is 5.32 Å². The summed E-state index contributed by atoms with van der Waals surface area (Å²) < 4.78 is 13.2. The first-order chi connectivity index (χ1) is 9.11. The highest BCUT2D eigenvalue weighted by atomic mass is 35.5. The second kappa shape index (κ2) is 6.69. The Morgan fingerprint density at radius 3 is 2.89 bits per heavy atom. The predicted octanol–water partition coefficient (Wildman–Crippen LogP) is 3.61. The van der Waals surface area contributed by atoms with Crippen LogP contribution in [0.15, 0.2) is 18.2 Å². The van der Waals surface area contributed by atoms with Crippen molar-refractivity contribution in [3.63, 3.8) is 0 Å². The van der Waals surface area contributed by atoms with Crippen molar-refractivity contribution in [1.82, 2.24) is 10.2 Å². The van der Waals surface area contributed by atoms with Crippen LogP contribution in [0.4, 0.5) is 4.39 Å². The summed E-state index contributed by atoms with van der Waals surface area (Å²) in [6.07, 6.45) is 2.51. The molecule has 106 valence electrons. The lowest BCUT2D eigenvalue weighted by atomic mass is 10.1. The fourth-order valence-electron chi connectivity index (χ4n) is 2.74. The van der Waals surface area contributed by atoms with Gasteiger partial charge in [-0.3, -0.25) is 4.90 Å². The van der Waals surface area contributed by atoms with Crippen LogP contribution in [0.3, 0.4) is 0 Å². The number of hydrogen-bond acceptors (Lipinski definition) is 2. The third-order valence-electron chi connectivity index (χ3n) is 4.00. The third-order valence-corrected chi connectivity index (χ3v) is 4.29. The monoisotopic (exact) mass is 284 g/mol. The van der Waals surface area contributed by atoms with Gasteiger partial charge in [-0.05, 0) is 50.6 Å². The highest BCUT2D eigenvalue weighted by Gasteiger charge is 2.21. The van der Waals surface area contributed by atoms with Crippen molar-refractivity contribution < 1.29 is 4.39 Å². The molecule has 0 bridgehead atoms. The summed E-state index contributed by atoms with van der Waals surface area (Å²) in [7, 11) is 0. The molecule has 1 aliphatic rings. The summed E-state index contributed by atoms with van der Waals surface area (Å²) in [5.41, 5.74) is 1.08. The summed E-state index contributed by atoms with van der Waals surface area (Å²) in [5, 5.41) is 3.73. The topological polar surface area (TPSA) is 15.3 Å². The van der Waals surface area contributed by atoms with E-state index < -0.39 is 0 Å². The first-order valence-electron chi connectivity index (χ1n) is 7.04. The maximum atomic E-state index is 13.2. The molecule has 2 rings (SSSR count). The van der Waals surface area contributed by atoms with Gasteiger partial charge in [0, 0.05) is 18.6 Å². The maximum absolute atomic E-state index is 13.2. The quantitative estimate of drug-likeness (QED) is 0.888. The maximum Gasteiger partial charge on any atom is 0.141 e. The molecule has 0 aliphatic carbocycles. The lowest BCUT2D eigenvalue weighted by Crippen LogP contribution is -2.38. The smallest absolute Gasteiger partial charge is 0.141 e. The van der Waals surface area contributed by atoms with E-state index in [-0.39, 0.29) is 16.9 Å². The molecule has 1 aliphatic heterocycles. The van der Waals surface area contributed by atoms with Gasteiger partial charge in [-0.1, -0.05) is 24.6 Å². The van der Waals surface area contributed by atoms with E-state index in [1.165, 1.54) is 18.9 Å². The van der Waals surface area contributed by atoms with E-state index in [1.807, 2.05) is 6.07 Å². The standard InChI is InChI=1S/C15H22ClFN2/c1-3-19(10-13-5-4-8-18-13)11(2)12-6-7-15(17)14(16)9-12/h6-7,9,11,13,18H,3-5,8,10H2,1-2H3. The van der Waals surface area contributed by atoms with Gasteiger partial charge in [0.2, 0.25) is 0 Å². The molecule has 1 saturated heterocycles. The van der Waals surface area contributed by atoms with E-state index in [1.54, 1.807) is 6.07 Å². The number of benzene rings is 1. The summed E-state index contributed by atoms with van der Waals surface area (Å²) in [5.74, 6) is -0.349. The van der Waals surface area contributed by atoms with E-state index >= 15 is 0 Å². The minimum absolute atomic E-state index is 0.208. The fraction of sp³-hybridized carbons (Fsp3) is 0.600. The SMILES string of the molecule is CCN(CC1CCCN1)C(C)c1ccc(F)c(Cl)c1. The normalized spacial score (nSPS) is 21.0.